The van der Waals surface area contributed by atoms with Gasteiger partial charge in [0.05, 0.1) is 14.1 Å². The lowest BCUT2D eigenvalue weighted by atomic mass is 10.2. The van der Waals surface area contributed by atoms with E-state index in [1.54, 1.807) is 36.7 Å². The Hall–Kier alpha value is -1.70. The van der Waals surface area contributed by atoms with E-state index in [0.29, 0.717) is 23.5 Å². The maximum absolute atomic E-state index is 7.42. The average Bonchev–Trinajstić information content (AvgIpc) is 2.18. The summed E-state index contributed by atoms with van der Waals surface area (Å²) in [6, 6.07) is 7.26. The first kappa shape index (κ1) is 5.04. The molecule has 0 N–H and O–H groups in total. The van der Waals surface area contributed by atoms with Crippen LogP contribution in [0.5, 0.6) is 0 Å². The summed E-state index contributed by atoms with van der Waals surface area (Å²) in [6.07, 6.45) is 3.13. The monoisotopic (exact) mass is 158 g/mol. The zero-order valence-corrected chi connectivity index (χ0v) is 6.36. The maximum Gasteiger partial charge on any atom is 0.0886 e. The van der Waals surface area contributed by atoms with Crippen LogP contribution in [0.3, 0.4) is 0 Å². The molecule has 0 aromatic carbocycles. The Morgan fingerprint density at radius 2 is 1.42 bits per heavy atom. The topological polar surface area (TPSA) is 25.8 Å². The van der Waals surface area contributed by atoms with Crippen molar-refractivity contribution < 1.29 is 2.74 Å². The van der Waals surface area contributed by atoms with Crippen LogP contribution >= 0.6 is 0 Å². The third-order valence-corrected chi connectivity index (χ3v) is 1.47. The van der Waals surface area contributed by atoms with E-state index in [4.69, 9.17) is 2.74 Å². The van der Waals surface area contributed by atoms with E-state index in [1.165, 1.54) is 0 Å². The molecule has 12 heavy (non-hydrogen) atoms. The number of nitrogens with zero attached hydrogens (tertiary/aromatic N) is 2. The number of aromatic nitrogens is 2. The van der Waals surface area contributed by atoms with E-state index in [1.807, 2.05) is 0 Å². The molecule has 0 aliphatic heterocycles. The lowest BCUT2D eigenvalue weighted by molar-refractivity contribution is 1.25. The third kappa shape index (κ3) is 1.32. The van der Waals surface area contributed by atoms with Gasteiger partial charge in [-0.3, -0.25) is 9.97 Å². The van der Waals surface area contributed by atoms with Gasteiger partial charge in [-0.1, -0.05) is 12.1 Å². The van der Waals surface area contributed by atoms with Crippen LogP contribution in [0.25, 0.3) is 11.4 Å². The van der Waals surface area contributed by atoms with Gasteiger partial charge in [-0.2, -0.15) is 0 Å². The first-order valence-corrected chi connectivity index (χ1v) is 3.61. The fraction of sp³-hybridized carbons (Fsp3) is 0. The van der Waals surface area contributed by atoms with E-state index < -0.39 is 0 Å². The van der Waals surface area contributed by atoms with Gasteiger partial charge in [0.1, 0.15) is 0 Å². The molecule has 2 aromatic rings. The standard InChI is InChI=1S/C10H8N2/c1-3-7-11-9(5-1)10-6-2-4-8-12-10/h1-8H/i1D,2D. The average molecular weight is 158 g/mol. The van der Waals surface area contributed by atoms with Crippen LogP contribution in [-0.2, 0) is 0 Å². The van der Waals surface area contributed by atoms with Crippen LogP contribution in [0, 0.1) is 0 Å². The normalized spacial score (nSPS) is 12.0. The third-order valence-electron chi connectivity index (χ3n) is 1.47. The van der Waals surface area contributed by atoms with Crippen molar-refractivity contribution >= 4 is 0 Å². The largest absolute Gasteiger partial charge is 0.255 e. The predicted molar refractivity (Wildman–Crippen MR) is 47.5 cm³/mol. The zero-order chi connectivity index (χ0) is 9.97. The molecule has 0 bridgehead atoms. The van der Waals surface area contributed by atoms with E-state index in [0.717, 1.165) is 0 Å². The molecule has 0 saturated carbocycles. The van der Waals surface area contributed by atoms with Gasteiger partial charge in [-0.05, 0) is 24.3 Å². The molecule has 2 heteroatoms. The van der Waals surface area contributed by atoms with Crippen molar-refractivity contribution in [2.75, 3.05) is 0 Å². The molecule has 0 aliphatic rings. The van der Waals surface area contributed by atoms with Gasteiger partial charge in [0.25, 0.3) is 0 Å². The van der Waals surface area contributed by atoms with Crippen molar-refractivity contribution in [2.45, 2.75) is 0 Å². The minimum absolute atomic E-state index is 0.396. The Labute approximate surface area is 73.7 Å². The summed E-state index contributed by atoms with van der Waals surface area (Å²) >= 11 is 0. The summed E-state index contributed by atoms with van der Waals surface area (Å²) in [7, 11) is 0. The Balaban J connectivity index is 2.49. The molecule has 2 aromatic heterocycles. The molecule has 0 unspecified atom stereocenters. The molecule has 0 spiro atoms. The fourth-order valence-corrected chi connectivity index (χ4v) is 0.930. The minimum atomic E-state index is 0.396. The van der Waals surface area contributed by atoms with Gasteiger partial charge in [0.15, 0.2) is 0 Å². The summed E-state index contributed by atoms with van der Waals surface area (Å²) in [5, 5.41) is 0. The summed E-state index contributed by atoms with van der Waals surface area (Å²) in [5.74, 6) is 0. The number of hydrogen-bond acceptors (Lipinski definition) is 2. The highest BCUT2D eigenvalue weighted by Crippen LogP contribution is 2.10. The van der Waals surface area contributed by atoms with Gasteiger partial charge in [-0.25, -0.2) is 0 Å². The van der Waals surface area contributed by atoms with E-state index in [-0.39, 0.29) is 0 Å². The van der Waals surface area contributed by atoms with Crippen molar-refractivity contribution in [1.82, 2.24) is 9.97 Å². The fourth-order valence-electron chi connectivity index (χ4n) is 0.930. The molecule has 2 nitrogen and oxygen atoms in total. The lowest BCUT2D eigenvalue weighted by Crippen LogP contribution is -1.83. The molecular formula is C10H8N2. The molecule has 0 amide bonds. The second-order valence-corrected chi connectivity index (χ2v) is 2.28. The minimum Gasteiger partial charge on any atom is -0.255 e. The Kier molecular flexibility index (Phi) is 1.31. The summed E-state index contributed by atoms with van der Waals surface area (Å²) in [4.78, 5) is 8.17. The Morgan fingerprint density at radius 3 is 1.83 bits per heavy atom. The second kappa shape index (κ2) is 3.13. The van der Waals surface area contributed by atoms with Gasteiger partial charge in [0, 0.05) is 12.4 Å². The summed E-state index contributed by atoms with van der Waals surface area (Å²) in [6.45, 7) is 0. The number of rotatable bonds is 1. The van der Waals surface area contributed by atoms with Crippen LogP contribution in [0.4, 0.5) is 0 Å². The first-order chi connectivity index (χ1) is 6.75. The van der Waals surface area contributed by atoms with E-state index >= 15 is 0 Å². The van der Waals surface area contributed by atoms with E-state index in [2.05, 4.69) is 9.97 Å². The quantitative estimate of drug-likeness (QED) is 0.635. The van der Waals surface area contributed by atoms with Crippen molar-refractivity contribution in [3.63, 3.8) is 0 Å². The maximum atomic E-state index is 7.42. The highest BCUT2D eigenvalue weighted by atomic mass is 14.7. The van der Waals surface area contributed by atoms with Crippen LogP contribution < -0.4 is 0 Å². The van der Waals surface area contributed by atoms with Crippen molar-refractivity contribution in [3.8, 4) is 11.4 Å². The van der Waals surface area contributed by atoms with Crippen LogP contribution in [-0.4, -0.2) is 9.97 Å². The zero-order valence-electron chi connectivity index (χ0n) is 8.36. The Bertz CT molecular complexity index is 414. The van der Waals surface area contributed by atoms with Gasteiger partial charge >= 0.3 is 0 Å². The van der Waals surface area contributed by atoms with E-state index in [9.17, 15) is 0 Å². The highest BCUT2D eigenvalue weighted by molar-refractivity contribution is 5.52. The predicted octanol–water partition coefficient (Wildman–Crippen LogP) is 2.14. The molecular weight excluding hydrogens is 148 g/mol. The first-order valence-electron chi connectivity index (χ1n) is 4.61. The van der Waals surface area contributed by atoms with Gasteiger partial charge in [-0.15, -0.1) is 0 Å². The van der Waals surface area contributed by atoms with Crippen LogP contribution in [0.1, 0.15) is 2.74 Å². The van der Waals surface area contributed by atoms with Crippen molar-refractivity contribution in [1.29, 1.82) is 0 Å². The summed E-state index contributed by atoms with van der Waals surface area (Å²) in [5.41, 5.74) is 1.26. The number of hydrogen-bond donors (Lipinski definition) is 0. The molecule has 0 fully saturated rings. The number of pyridine rings is 2. The SMILES string of the molecule is [2H]c1ccnc(-c2cc([2H])ccn2)c1. The molecule has 0 radical (unpaired) electrons. The summed E-state index contributed by atoms with van der Waals surface area (Å²) < 4.78 is 14.8. The van der Waals surface area contributed by atoms with Gasteiger partial charge in [0.2, 0.25) is 0 Å². The molecule has 0 atom stereocenters. The lowest BCUT2D eigenvalue weighted by Gasteiger charge is -1.96. The molecule has 2 heterocycles. The van der Waals surface area contributed by atoms with Crippen molar-refractivity contribution in [2.24, 2.45) is 0 Å². The molecule has 0 aliphatic carbocycles. The Morgan fingerprint density at radius 1 is 0.917 bits per heavy atom. The molecule has 0 saturated heterocycles. The van der Waals surface area contributed by atoms with Gasteiger partial charge < -0.3 is 0 Å². The smallest absolute Gasteiger partial charge is 0.0886 e. The van der Waals surface area contributed by atoms with Crippen molar-refractivity contribution in [3.05, 3.63) is 48.7 Å². The molecule has 58 valence electrons. The van der Waals surface area contributed by atoms with Crippen LogP contribution in [0.2, 0.25) is 0 Å². The molecule has 2 rings (SSSR count). The van der Waals surface area contributed by atoms with Crippen LogP contribution in [0.15, 0.2) is 48.7 Å². The second-order valence-electron chi connectivity index (χ2n) is 2.28. The highest BCUT2D eigenvalue weighted by Gasteiger charge is 1.95.